The van der Waals surface area contributed by atoms with E-state index in [2.05, 4.69) is 113 Å². The molecule has 3 heterocycles. The lowest BCUT2D eigenvalue weighted by atomic mass is 9.94. The molecule has 0 aliphatic carbocycles. The summed E-state index contributed by atoms with van der Waals surface area (Å²) in [5, 5.41) is 11.4. The normalized spacial score (nSPS) is 12.2. The van der Waals surface area contributed by atoms with Gasteiger partial charge in [-0.3, -0.25) is 0 Å². The van der Waals surface area contributed by atoms with Gasteiger partial charge >= 0.3 is 0 Å². The number of para-hydroxylation sites is 1. The number of rotatable bonds is 1. The second kappa shape index (κ2) is 7.37. The fraction of sp³-hybridized carbons (Fsp3) is 0. The minimum Gasteiger partial charge on any atom is -0.309 e. The maximum atomic E-state index is 4.70. The van der Waals surface area contributed by atoms with Crippen LogP contribution in [0.2, 0.25) is 0 Å². The zero-order valence-electron chi connectivity index (χ0n) is 20.2. The van der Waals surface area contributed by atoms with Crippen LogP contribution in [0.25, 0.3) is 80.1 Å². The third kappa shape index (κ3) is 2.57. The molecule has 38 heavy (non-hydrogen) atoms. The lowest BCUT2D eigenvalue weighted by Gasteiger charge is -2.13. The Labute approximate surface area is 221 Å². The Morgan fingerprint density at radius 1 is 0.526 bits per heavy atom. The van der Waals surface area contributed by atoms with E-state index in [4.69, 9.17) is 4.98 Å². The van der Waals surface area contributed by atoms with E-state index < -0.39 is 0 Å². The Balaban J connectivity index is 1.46. The van der Waals surface area contributed by atoms with Gasteiger partial charge in [0.05, 0.1) is 21.3 Å². The lowest BCUT2D eigenvalue weighted by molar-refractivity contribution is 1.19. The van der Waals surface area contributed by atoms with Crippen LogP contribution >= 0.6 is 11.3 Å². The van der Waals surface area contributed by atoms with E-state index in [0.717, 1.165) is 15.9 Å². The van der Waals surface area contributed by atoms with Crippen LogP contribution in [0.3, 0.4) is 0 Å². The summed E-state index contributed by atoms with van der Waals surface area (Å²) in [5.74, 6) is 0. The van der Waals surface area contributed by atoms with Crippen molar-refractivity contribution in [3.05, 3.63) is 116 Å². The van der Waals surface area contributed by atoms with Gasteiger partial charge in [0, 0.05) is 32.7 Å². The highest BCUT2D eigenvalue weighted by Crippen LogP contribution is 2.43. The Morgan fingerprint density at radius 2 is 1.18 bits per heavy atom. The second-order valence-corrected chi connectivity index (χ2v) is 10.9. The van der Waals surface area contributed by atoms with E-state index in [1.165, 1.54) is 64.2 Å². The standard InChI is InChI=1S/C34H19N3S/c1-2-9-23-21(7-1)22-8-3-4-10-24(22)27-17-20(13-14-25(23)27)37-28-12-6-5-11-26(28)32-29(37)15-16-30-33(32)34-31(38-30)18-35-19-36-34/h1-19H. The zero-order chi connectivity index (χ0) is 24.8. The van der Waals surface area contributed by atoms with E-state index in [1.807, 2.05) is 6.20 Å². The Hall–Kier alpha value is -4.80. The third-order valence-corrected chi connectivity index (χ3v) is 9.00. The highest BCUT2D eigenvalue weighted by Gasteiger charge is 2.19. The van der Waals surface area contributed by atoms with Gasteiger partial charge in [-0.15, -0.1) is 11.3 Å². The third-order valence-electron chi connectivity index (χ3n) is 7.92. The SMILES string of the molecule is c1ccc2c(c1)c1ccccc1c1cc(-n3c4ccccc4c4c5c(ccc43)sc3cncnc35)ccc21. The summed E-state index contributed by atoms with van der Waals surface area (Å²) in [6.07, 6.45) is 3.59. The van der Waals surface area contributed by atoms with Gasteiger partial charge in [-0.1, -0.05) is 72.8 Å². The molecule has 0 fully saturated rings. The molecule has 0 radical (unpaired) electrons. The largest absolute Gasteiger partial charge is 0.309 e. The minimum absolute atomic E-state index is 1.03. The van der Waals surface area contributed by atoms with Crippen LogP contribution < -0.4 is 0 Å². The van der Waals surface area contributed by atoms with Gasteiger partial charge in [-0.25, -0.2) is 9.97 Å². The summed E-state index contributed by atoms with van der Waals surface area (Å²) in [4.78, 5) is 8.98. The van der Waals surface area contributed by atoms with Crippen molar-refractivity contribution in [2.45, 2.75) is 0 Å². The molecule has 0 atom stereocenters. The monoisotopic (exact) mass is 501 g/mol. The maximum absolute atomic E-state index is 4.70. The van der Waals surface area contributed by atoms with Crippen LogP contribution in [0.1, 0.15) is 0 Å². The summed E-state index contributed by atoms with van der Waals surface area (Å²) in [5.41, 5.74) is 4.59. The van der Waals surface area contributed by atoms with E-state index in [1.54, 1.807) is 17.7 Å². The maximum Gasteiger partial charge on any atom is 0.116 e. The molecule has 0 N–H and O–H groups in total. The lowest BCUT2D eigenvalue weighted by Crippen LogP contribution is -1.94. The van der Waals surface area contributed by atoms with Crippen LogP contribution in [-0.2, 0) is 0 Å². The molecule has 0 bridgehead atoms. The smallest absolute Gasteiger partial charge is 0.116 e. The molecule has 0 aliphatic rings. The van der Waals surface area contributed by atoms with Crippen LogP contribution in [-0.4, -0.2) is 14.5 Å². The fourth-order valence-corrected chi connectivity index (χ4v) is 7.41. The summed E-state index contributed by atoms with van der Waals surface area (Å²) in [6, 6.07) is 37.7. The van der Waals surface area contributed by atoms with Gasteiger partial charge in [0.25, 0.3) is 0 Å². The van der Waals surface area contributed by atoms with Crippen molar-refractivity contribution in [3.8, 4) is 5.69 Å². The summed E-state index contributed by atoms with van der Waals surface area (Å²) in [7, 11) is 0. The molecule has 9 rings (SSSR count). The molecule has 9 aromatic rings. The van der Waals surface area contributed by atoms with Gasteiger partial charge in [-0.2, -0.15) is 0 Å². The van der Waals surface area contributed by atoms with Gasteiger partial charge < -0.3 is 4.57 Å². The molecule has 4 heteroatoms. The topological polar surface area (TPSA) is 30.7 Å². The molecule has 3 nitrogen and oxygen atoms in total. The Kier molecular flexibility index (Phi) is 3.93. The van der Waals surface area contributed by atoms with Gasteiger partial charge in [0.2, 0.25) is 0 Å². The number of nitrogens with zero attached hydrogens (tertiary/aromatic N) is 3. The van der Waals surface area contributed by atoms with Gasteiger partial charge in [0.15, 0.2) is 0 Å². The predicted molar refractivity (Wildman–Crippen MR) is 162 cm³/mol. The van der Waals surface area contributed by atoms with Crippen molar-refractivity contribution in [1.82, 2.24) is 14.5 Å². The van der Waals surface area contributed by atoms with Crippen molar-refractivity contribution < 1.29 is 0 Å². The first kappa shape index (κ1) is 20.3. The van der Waals surface area contributed by atoms with Gasteiger partial charge in [0.1, 0.15) is 6.33 Å². The number of benzene rings is 6. The van der Waals surface area contributed by atoms with E-state index in [0.29, 0.717) is 0 Å². The highest BCUT2D eigenvalue weighted by atomic mass is 32.1. The average Bonchev–Trinajstić information content (AvgIpc) is 3.52. The molecular formula is C34H19N3S. The Morgan fingerprint density at radius 3 is 1.95 bits per heavy atom. The molecule has 0 unspecified atom stereocenters. The number of fused-ring (bicyclic) bond motifs is 13. The average molecular weight is 502 g/mol. The Bertz CT molecular complexity index is 2380. The molecule has 0 aliphatic heterocycles. The molecule has 176 valence electrons. The highest BCUT2D eigenvalue weighted by molar-refractivity contribution is 7.25. The molecule has 0 spiro atoms. The van der Waals surface area contributed by atoms with Crippen molar-refractivity contribution in [3.63, 3.8) is 0 Å². The van der Waals surface area contributed by atoms with E-state index >= 15 is 0 Å². The van der Waals surface area contributed by atoms with Crippen LogP contribution in [0.5, 0.6) is 0 Å². The minimum atomic E-state index is 1.03. The summed E-state index contributed by atoms with van der Waals surface area (Å²) in [6.45, 7) is 0. The molecule has 3 aromatic heterocycles. The number of hydrogen-bond acceptors (Lipinski definition) is 3. The van der Waals surface area contributed by atoms with E-state index in [9.17, 15) is 0 Å². The van der Waals surface area contributed by atoms with E-state index in [-0.39, 0.29) is 0 Å². The second-order valence-electron chi connectivity index (χ2n) is 9.84. The quantitative estimate of drug-likeness (QED) is 0.210. The van der Waals surface area contributed by atoms with Crippen molar-refractivity contribution in [1.29, 1.82) is 0 Å². The van der Waals surface area contributed by atoms with Crippen LogP contribution in [0.4, 0.5) is 0 Å². The molecule has 0 amide bonds. The van der Waals surface area contributed by atoms with Crippen molar-refractivity contribution in [2.24, 2.45) is 0 Å². The molecule has 0 saturated heterocycles. The van der Waals surface area contributed by atoms with Crippen molar-refractivity contribution >= 4 is 85.8 Å². The molecule has 6 aromatic carbocycles. The number of thiophene rings is 1. The molecule has 0 saturated carbocycles. The number of hydrogen-bond donors (Lipinski definition) is 0. The van der Waals surface area contributed by atoms with Crippen LogP contribution in [0.15, 0.2) is 116 Å². The van der Waals surface area contributed by atoms with Gasteiger partial charge in [-0.05, 0) is 62.6 Å². The molecular weight excluding hydrogens is 482 g/mol. The fourth-order valence-electron chi connectivity index (χ4n) is 6.37. The van der Waals surface area contributed by atoms with Crippen molar-refractivity contribution in [2.75, 3.05) is 0 Å². The summed E-state index contributed by atoms with van der Waals surface area (Å²) < 4.78 is 4.78. The first-order valence-corrected chi connectivity index (χ1v) is 13.6. The number of aromatic nitrogens is 3. The van der Waals surface area contributed by atoms with Crippen LogP contribution in [0, 0.1) is 0 Å². The summed E-state index contributed by atoms with van der Waals surface area (Å²) >= 11 is 1.76. The zero-order valence-corrected chi connectivity index (χ0v) is 21.0. The first-order valence-electron chi connectivity index (χ1n) is 12.7. The first-order chi connectivity index (χ1) is 18.9. The predicted octanol–water partition coefficient (Wildman–Crippen LogP) is 9.40.